The molecule has 3 aliphatic rings. The maximum absolute atomic E-state index is 14.3. The van der Waals surface area contributed by atoms with E-state index in [4.69, 9.17) is 5.10 Å². The van der Waals surface area contributed by atoms with Crippen molar-refractivity contribution in [2.45, 2.75) is 50.8 Å². The Morgan fingerprint density at radius 3 is 2.35 bits per heavy atom. The molecule has 9 heteroatoms. The molecule has 3 heterocycles. The molecule has 0 saturated heterocycles. The van der Waals surface area contributed by atoms with Gasteiger partial charge in [0, 0.05) is 43.0 Å². The van der Waals surface area contributed by atoms with Gasteiger partial charge in [-0.15, -0.1) is 0 Å². The average molecular weight is 655 g/mol. The van der Waals surface area contributed by atoms with Gasteiger partial charge in [-0.3, -0.25) is 19.3 Å². The summed E-state index contributed by atoms with van der Waals surface area (Å²) in [6, 6.07) is 31.6. The van der Waals surface area contributed by atoms with Gasteiger partial charge in [-0.1, -0.05) is 91.9 Å². The van der Waals surface area contributed by atoms with Gasteiger partial charge in [0.15, 0.2) is 5.60 Å². The number of aliphatic hydroxyl groups excluding tert-OH is 1. The molecule has 0 aliphatic carbocycles. The van der Waals surface area contributed by atoms with E-state index < -0.39 is 17.4 Å². The second-order valence-electron chi connectivity index (χ2n) is 12.8. The number of aliphatic hydroxyl groups is 2. The number of benzene rings is 4. The summed E-state index contributed by atoms with van der Waals surface area (Å²) in [4.78, 5) is 44.1. The molecular formula is C40H38N4O5. The highest BCUT2D eigenvalue weighted by Gasteiger charge is 2.53. The number of hydrazone groups is 1. The van der Waals surface area contributed by atoms with Gasteiger partial charge in [0.1, 0.15) is 0 Å². The maximum atomic E-state index is 14.3. The first-order valence-electron chi connectivity index (χ1n) is 16.7. The molecule has 7 rings (SSSR count). The summed E-state index contributed by atoms with van der Waals surface area (Å²) < 4.78 is 0. The molecule has 9 nitrogen and oxygen atoms in total. The summed E-state index contributed by atoms with van der Waals surface area (Å²) in [5.74, 6) is -1.60. The van der Waals surface area contributed by atoms with E-state index in [-0.39, 0.29) is 37.3 Å². The summed E-state index contributed by atoms with van der Waals surface area (Å²) in [6.45, 7) is 2.02. The van der Waals surface area contributed by atoms with Crippen LogP contribution in [-0.4, -0.2) is 51.2 Å². The molecule has 4 aromatic carbocycles. The number of anilines is 3. The van der Waals surface area contributed by atoms with Gasteiger partial charge < -0.3 is 15.1 Å². The smallest absolute Gasteiger partial charge is 0.268 e. The van der Waals surface area contributed by atoms with Crippen LogP contribution in [0.1, 0.15) is 48.4 Å². The van der Waals surface area contributed by atoms with Crippen LogP contribution >= 0.6 is 0 Å². The van der Waals surface area contributed by atoms with Crippen LogP contribution in [-0.2, 0) is 33.0 Å². The summed E-state index contributed by atoms with van der Waals surface area (Å²) >= 11 is 0. The molecule has 0 radical (unpaired) electrons. The Labute approximate surface area is 285 Å². The zero-order valence-corrected chi connectivity index (χ0v) is 27.3. The lowest BCUT2D eigenvalue weighted by atomic mass is 9.82. The number of fused-ring (bicyclic) bond motifs is 2. The van der Waals surface area contributed by atoms with Gasteiger partial charge in [-0.05, 0) is 53.4 Å². The predicted molar refractivity (Wildman–Crippen MR) is 188 cm³/mol. The van der Waals surface area contributed by atoms with Crippen LogP contribution in [0.4, 0.5) is 17.1 Å². The second kappa shape index (κ2) is 13.3. The number of hydrogen-bond donors (Lipinski definition) is 2. The third-order valence-corrected chi connectivity index (χ3v) is 9.82. The van der Waals surface area contributed by atoms with Crippen LogP contribution in [0.25, 0.3) is 0 Å². The van der Waals surface area contributed by atoms with Gasteiger partial charge >= 0.3 is 0 Å². The van der Waals surface area contributed by atoms with Crippen molar-refractivity contribution >= 4 is 40.5 Å². The highest BCUT2D eigenvalue weighted by Crippen LogP contribution is 2.49. The lowest BCUT2D eigenvalue weighted by Gasteiger charge is -2.36. The minimum Gasteiger partial charge on any atom is -0.394 e. The third kappa shape index (κ3) is 5.85. The van der Waals surface area contributed by atoms with Crippen LogP contribution in [0.3, 0.4) is 0 Å². The summed E-state index contributed by atoms with van der Waals surface area (Å²) in [5.41, 5.74) is 3.81. The SMILES string of the molecule is C[C@H](/C=C/CC(=O)N1Cc2ccccc2C[C@H]1CO)[C@@]1(O)C(=O)N(c2ccccc2)c2ccc(N3N=C(c4ccccc4)CCC3=O)cc21. The largest absolute Gasteiger partial charge is 0.394 e. The molecule has 0 spiro atoms. The van der Waals surface area contributed by atoms with Crippen molar-refractivity contribution in [3.8, 4) is 0 Å². The molecule has 4 aromatic rings. The van der Waals surface area contributed by atoms with E-state index in [1.54, 1.807) is 54.3 Å². The van der Waals surface area contributed by atoms with Crippen LogP contribution in [0.2, 0.25) is 0 Å². The third-order valence-electron chi connectivity index (χ3n) is 9.82. The van der Waals surface area contributed by atoms with E-state index in [2.05, 4.69) is 0 Å². The fraction of sp³-hybridized carbons (Fsp3) is 0.250. The molecular weight excluding hydrogens is 616 g/mol. The topological polar surface area (TPSA) is 114 Å². The first-order valence-corrected chi connectivity index (χ1v) is 16.7. The van der Waals surface area contributed by atoms with E-state index in [0.717, 1.165) is 22.4 Å². The van der Waals surface area contributed by atoms with E-state index >= 15 is 0 Å². The van der Waals surface area contributed by atoms with Crippen molar-refractivity contribution in [2.24, 2.45) is 11.0 Å². The minimum absolute atomic E-state index is 0.0435. The Balaban J connectivity index is 1.20. The van der Waals surface area contributed by atoms with E-state index in [1.165, 1.54) is 9.91 Å². The van der Waals surface area contributed by atoms with E-state index in [1.807, 2.05) is 72.8 Å². The standard InChI is InChI=1S/C40H38N4O5/c1-27(11-10-18-37(46)42-25-30-15-9-8-14-29(30)23-33(42)26-45)40(49)34-24-32(19-21-36(34)43(39(40)48)31-16-6-3-7-17-31)44-38(47)22-20-35(41-44)28-12-4-2-5-13-28/h2-17,19,21,24,27,33,45,49H,18,20,22-23,25-26H2,1H3/b11-10+/t27-,33+,40+/m1/s1. The molecule has 0 fully saturated rings. The number of rotatable bonds is 8. The summed E-state index contributed by atoms with van der Waals surface area (Å²) in [6.07, 6.45) is 4.80. The zero-order chi connectivity index (χ0) is 34.1. The lowest BCUT2D eigenvalue weighted by Crippen LogP contribution is -2.46. The number of para-hydroxylation sites is 1. The summed E-state index contributed by atoms with van der Waals surface area (Å²) in [5, 5.41) is 28.5. The normalized spacial score (nSPS) is 21.1. The second-order valence-corrected chi connectivity index (χ2v) is 12.8. The van der Waals surface area contributed by atoms with Crippen LogP contribution in [0, 0.1) is 5.92 Å². The maximum Gasteiger partial charge on any atom is 0.268 e. The quantitative estimate of drug-likeness (QED) is 0.240. The van der Waals surface area contributed by atoms with Crippen LogP contribution in [0.15, 0.2) is 120 Å². The van der Waals surface area contributed by atoms with Crippen molar-refractivity contribution in [3.63, 3.8) is 0 Å². The molecule has 2 N–H and O–H groups in total. The number of amides is 3. The van der Waals surface area contributed by atoms with Gasteiger partial charge in [-0.25, -0.2) is 5.01 Å². The molecule has 3 atom stereocenters. The first kappa shape index (κ1) is 32.2. The molecule has 0 bridgehead atoms. The van der Waals surface area contributed by atoms with Crippen molar-refractivity contribution in [3.05, 3.63) is 138 Å². The highest BCUT2D eigenvalue weighted by molar-refractivity contribution is 6.13. The Morgan fingerprint density at radius 1 is 0.918 bits per heavy atom. The number of nitrogens with zero attached hydrogens (tertiary/aromatic N) is 4. The molecule has 0 aromatic heterocycles. The Morgan fingerprint density at radius 2 is 1.61 bits per heavy atom. The first-order chi connectivity index (χ1) is 23.8. The molecule has 248 valence electrons. The van der Waals surface area contributed by atoms with Crippen molar-refractivity contribution in [1.82, 2.24) is 4.90 Å². The highest BCUT2D eigenvalue weighted by atomic mass is 16.3. The predicted octanol–water partition coefficient (Wildman–Crippen LogP) is 5.61. The van der Waals surface area contributed by atoms with Crippen molar-refractivity contribution < 1.29 is 24.6 Å². The summed E-state index contributed by atoms with van der Waals surface area (Å²) in [7, 11) is 0. The molecule has 3 amide bonds. The Hall–Kier alpha value is -5.38. The van der Waals surface area contributed by atoms with Gasteiger partial charge in [0.05, 0.1) is 29.7 Å². The monoisotopic (exact) mass is 654 g/mol. The fourth-order valence-electron chi connectivity index (χ4n) is 7.09. The van der Waals surface area contributed by atoms with E-state index in [0.29, 0.717) is 42.0 Å². The minimum atomic E-state index is -2.00. The average Bonchev–Trinajstić information content (AvgIpc) is 3.37. The van der Waals surface area contributed by atoms with Gasteiger partial charge in [0.25, 0.3) is 5.91 Å². The van der Waals surface area contributed by atoms with Crippen molar-refractivity contribution in [1.29, 1.82) is 0 Å². The van der Waals surface area contributed by atoms with Crippen molar-refractivity contribution in [2.75, 3.05) is 16.5 Å². The molecule has 3 aliphatic heterocycles. The van der Waals surface area contributed by atoms with Crippen LogP contribution < -0.4 is 9.91 Å². The number of carbonyl (C=O) groups is 3. The number of hydrogen-bond acceptors (Lipinski definition) is 6. The molecule has 0 saturated carbocycles. The van der Waals surface area contributed by atoms with Gasteiger partial charge in [0.2, 0.25) is 11.8 Å². The Kier molecular flexibility index (Phi) is 8.71. The molecule has 49 heavy (non-hydrogen) atoms. The number of carbonyl (C=O) groups excluding carboxylic acids is 3. The fourth-order valence-corrected chi connectivity index (χ4v) is 7.09. The lowest BCUT2D eigenvalue weighted by molar-refractivity contribution is -0.138. The zero-order valence-electron chi connectivity index (χ0n) is 27.3. The van der Waals surface area contributed by atoms with Crippen LogP contribution in [0.5, 0.6) is 0 Å². The Bertz CT molecular complexity index is 1960. The van der Waals surface area contributed by atoms with Gasteiger partial charge in [-0.2, -0.15) is 5.10 Å². The van der Waals surface area contributed by atoms with E-state index in [9.17, 15) is 24.6 Å². The molecule has 0 unspecified atom stereocenters.